The zero-order valence-electron chi connectivity index (χ0n) is 10.0. The van der Waals surface area contributed by atoms with Crippen LogP contribution >= 0.6 is 11.6 Å². The third-order valence-corrected chi connectivity index (χ3v) is 3.36. The normalized spacial score (nSPS) is 23.6. The van der Waals surface area contributed by atoms with Crippen LogP contribution in [0.5, 0.6) is 0 Å². The van der Waals surface area contributed by atoms with E-state index in [2.05, 4.69) is 18.9 Å². The first-order valence-corrected chi connectivity index (χ1v) is 6.62. The van der Waals surface area contributed by atoms with Gasteiger partial charge in [-0.2, -0.15) is 0 Å². The topological polar surface area (TPSA) is 12.5 Å². The van der Waals surface area contributed by atoms with Gasteiger partial charge in [0.05, 0.1) is 6.10 Å². The van der Waals surface area contributed by atoms with Crippen LogP contribution in [-0.2, 0) is 4.74 Å². The van der Waals surface area contributed by atoms with Gasteiger partial charge in [0, 0.05) is 19.0 Å². The minimum Gasteiger partial charge on any atom is -0.377 e. The molecular formula is C12H24ClNO. The molecule has 0 aromatic carbocycles. The predicted octanol–water partition coefficient (Wildman–Crippen LogP) is 2.75. The van der Waals surface area contributed by atoms with Gasteiger partial charge in [-0.15, -0.1) is 11.6 Å². The molecule has 0 bridgehead atoms. The minimum atomic E-state index is 0.485. The quantitative estimate of drug-likeness (QED) is 0.627. The van der Waals surface area contributed by atoms with Gasteiger partial charge in [-0.05, 0) is 45.2 Å². The van der Waals surface area contributed by atoms with E-state index in [0.717, 1.165) is 37.9 Å². The summed E-state index contributed by atoms with van der Waals surface area (Å²) in [6, 6.07) is 0. The highest BCUT2D eigenvalue weighted by molar-refractivity contribution is 6.17. The van der Waals surface area contributed by atoms with Crippen LogP contribution in [-0.4, -0.2) is 43.6 Å². The van der Waals surface area contributed by atoms with Gasteiger partial charge in [-0.25, -0.2) is 0 Å². The first-order valence-electron chi connectivity index (χ1n) is 6.08. The second-order valence-corrected chi connectivity index (χ2v) is 5.15. The summed E-state index contributed by atoms with van der Waals surface area (Å²) in [4.78, 5) is 2.39. The van der Waals surface area contributed by atoms with Crippen LogP contribution in [0.2, 0.25) is 0 Å². The molecule has 0 N–H and O–H groups in total. The highest BCUT2D eigenvalue weighted by atomic mass is 35.5. The SMILES string of the molecule is CC(CCCl)CCN(C)CC1CCCO1. The van der Waals surface area contributed by atoms with E-state index in [4.69, 9.17) is 16.3 Å². The molecule has 0 aliphatic carbocycles. The monoisotopic (exact) mass is 233 g/mol. The number of likely N-dealkylation sites (N-methyl/N-ethyl adjacent to an activating group) is 1. The molecule has 3 heteroatoms. The number of nitrogens with zero attached hydrogens (tertiary/aromatic N) is 1. The summed E-state index contributed by atoms with van der Waals surface area (Å²) in [7, 11) is 2.19. The molecule has 90 valence electrons. The molecule has 1 aliphatic heterocycles. The Morgan fingerprint density at radius 1 is 1.47 bits per heavy atom. The van der Waals surface area contributed by atoms with Crippen molar-refractivity contribution in [3.05, 3.63) is 0 Å². The summed E-state index contributed by atoms with van der Waals surface area (Å²) in [6.45, 7) is 5.49. The van der Waals surface area contributed by atoms with E-state index in [1.165, 1.54) is 19.3 Å². The molecule has 0 saturated carbocycles. The molecule has 1 fully saturated rings. The molecule has 0 amide bonds. The Balaban J connectivity index is 2.04. The standard InChI is InChI=1S/C12H24ClNO/c1-11(5-7-13)6-8-14(2)10-12-4-3-9-15-12/h11-12H,3-10H2,1-2H3. The second kappa shape index (κ2) is 7.48. The molecule has 0 spiro atoms. The summed E-state index contributed by atoms with van der Waals surface area (Å²) in [5.41, 5.74) is 0. The van der Waals surface area contributed by atoms with E-state index in [9.17, 15) is 0 Å². The first kappa shape index (κ1) is 13.3. The lowest BCUT2D eigenvalue weighted by Gasteiger charge is -2.21. The fourth-order valence-corrected chi connectivity index (χ4v) is 2.37. The number of halogens is 1. The van der Waals surface area contributed by atoms with Crippen molar-refractivity contribution in [1.29, 1.82) is 0 Å². The lowest BCUT2D eigenvalue weighted by molar-refractivity contribution is 0.0797. The Labute approximate surface area is 98.9 Å². The Morgan fingerprint density at radius 2 is 2.27 bits per heavy atom. The van der Waals surface area contributed by atoms with E-state index < -0.39 is 0 Å². The number of hydrogen-bond acceptors (Lipinski definition) is 2. The van der Waals surface area contributed by atoms with E-state index in [1.54, 1.807) is 0 Å². The van der Waals surface area contributed by atoms with Crippen molar-refractivity contribution in [3.8, 4) is 0 Å². The summed E-state index contributed by atoms with van der Waals surface area (Å²) in [5, 5.41) is 0. The van der Waals surface area contributed by atoms with Gasteiger partial charge < -0.3 is 9.64 Å². The summed E-state index contributed by atoms with van der Waals surface area (Å²) in [6.07, 6.45) is 5.34. The summed E-state index contributed by atoms with van der Waals surface area (Å²) >= 11 is 5.72. The van der Waals surface area contributed by atoms with Gasteiger partial charge in [0.25, 0.3) is 0 Å². The Morgan fingerprint density at radius 3 is 2.87 bits per heavy atom. The van der Waals surface area contributed by atoms with Crippen LogP contribution in [0.15, 0.2) is 0 Å². The van der Waals surface area contributed by atoms with Crippen LogP contribution in [0.4, 0.5) is 0 Å². The van der Waals surface area contributed by atoms with Crippen LogP contribution < -0.4 is 0 Å². The Kier molecular flexibility index (Phi) is 6.62. The Hall–Kier alpha value is 0.210. The van der Waals surface area contributed by atoms with Crippen molar-refractivity contribution in [1.82, 2.24) is 4.90 Å². The summed E-state index contributed by atoms with van der Waals surface area (Å²) < 4.78 is 5.62. The van der Waals surface area contributed by atoms with E-state index in [1.807, 2.05) is 0 Å². The Bertz CT molecular complexity index is 160. The van der Waals surface area contributed by atoms with Crippen molar-refractivity contribution >= 4 is 11.6 Å². The van der Waals surface area contributed by atoms with E-state index in [-0.39, 0.29) is 0 Å². The fourth-order valence-electron chi connectivity index (χ4n) is 2.00. The zero-order valence-corrected chi connectivity index (χ0v) is 10.8. The minimum absolute atomic E-state index is 0.485. The first-order chi connectivity index (χ1) is 7.22. The largest absolute Gasteiger partial charge is 0.377 e. The van der Waals surface area contributed by atoms with Gasteiger partial charge in [0.15, 0.2) is 0 Å². The van der Waals surface area contributed by atoms with Crippen LogP contribution in [0.25, 0.3) is 0 Å². The molecular weight excluding hydrogens is 210 g/mol. The van der Waals surface area contributed by atoms with Crippen LogP contribution in [0, 0.1) is 5.92 Å². The maximum Gasteiger partial charge on any atom is 0.0702 e. The van der Waals surface area contributed by atoms with E-state index >= 15 is 0 Å². The third-order valence-electron chi connectivity index (χ3n) is 3.14. The van der Waals surface area contributed by atoms with Crippen molar-refractivity contribution in [2.75, 3.05) is 32.6 Å². The highest BCUT2D eigenvalue weighted by Gasteiger charge is 2.17. The number of alkyl halides is 1. The lowest BCUT2D eigenvalue weighted by Crippen LogP contribution is -2.30. The molecule has 0 aromatic rings. The molecule has 1 rings (SSSR count). The van der Waals surface area contributed by atoms with Crippen molar-refractivity contribution in [2.24, 2.45) is 5.92 Å². The molecule has 2 unspecified atom stereocenters. The van der Waals surface area contributed by atoms with Gasteiger partial charge in [0.1, 0.15) is 0 Å². The molecule has 2 nitrogen and oxygen atoms in total. The fraction of sp³-hybridized carbons (Fsp3) is 1.00. The van der Waals surface area contributed by atoms with Crippen molar-refractivity contribution in [2.45, 2.75) is 38.7 Å². The van der Waals surface area contributed by atoms with Gasteiger partial charge >= 0.3 is 0 Å². The van der Waals surface area contributed by atoms with E-state index in [0.29, 0.717) is 6.10 Å². The van der Waals surface area contributed by atoms with Crippen LogP contribution in [0.1, 0.15) is 32.6 Å². The van der Waals surface area contributed by atoms with Gasteiger partial charge in [-0.1, -0.05) is 6.92 Å². The molecule has 0 radical (unpaired) electrons. The zero-order chi connectivity index (χ0) is 11.1. The predicted molar refractivity (Wildman–Crippen MR) is 65.6 cm³/mol. The molecule has 1 saturated heterocycles. The molecule has 1 heterocycles. The highest BCUT2D eigenvalue weighted by Crippen LogP contribution is 2.14. The maximum atomic E-state index is 5.72. The number of hydrogen-bond donors (Lipinski definition) is 0. The van der Waals surface area contributed by atoms with Gasteiger partial charge in [-0.3, -0.25) is 0 Å². The summed E-state index contributed by atoms with van der Waals surface area (Å²) in [5.74, 6) is 1.53. The molecule has 15 heavy (non-hydrogen) atoms. The smallest absolute Gasteiger partial charge is 0.0702 e. The van der Waals surface area contributed by atoms with Crippen molar-refractivity contribution < 1.29 is 4.74 Å². The maximum absolute atomic E-state index is 5.72. The van der Waals surface area contributed by atoms with Crippen LogP contribution in [0.3, 0.4) is 0 Å². The molecule has 2 atom stereocenters. The molecule has 0 aromatic heterocycles. The average molecular weight is 234 g/mol. The van der Waals surface area contributed by atoms with Gasteiger partial charge in [0.2, 0.25) is 0 Å². The lowest BCUT2D eigenvalue weighted by atomic mass is 10.1. The molecule has 1 aliphatic rings. The second-order valence-electron chi connectivity index (χ2n) is 4.77. The third kappa shape index (κ3) is 5.74. The number of rotatable bonds is 7. The average Bonchev–Trinajstić information content (AvgIpc) is 2.68. The number of ether oxygens (including phenoxy) is 1. The van der Waals surface area contributed by atoms with Crippen molar-refractivity contribution in [3.63, 3.8) is 0 Å².